The fourth-order valence-corrected chi connectivity index (χ4v) is 4.31. The lowest BCUT2D eigenvalue weighted by Crippen LogP contribution is -2.22. The Balaban J connectivity index is 1.67. The van der Waals surface area contributed by atoms with E-state index in [1.54, 1.807) is 36.5 Å². The average Bonchev–Trinajstić information content (AvgIpc) is 2.84. The van der Waals surface area contributed by atoms with Crippen LogP contribution in [0.3, 0.4) is 0 Å². The molecule has 0 radical (unpaired) electrons. The molecule has 35 heavy (non-hydrogen) atoms. The van der Waals surface area contributed by atoms with Gasteiger partial charge in [-0.15, -0.1) is 0 Å². The molecule has 0 spiro atoms. The zero-order valence-corrected chi connectivity index (χ0v) is 22.3. The highest BCUT2D eigenvalue weighted by Crippen LogP contribution is 2.33. The first-order valence-corrected chi connectivity index (χ1v) is 12.5. The molecule has 3 aromatic carbocycles. The van der Waals surface area contributed by atoms with E-state index in [-0.39, 0.29) is 18.0 Å². The Bertz CT molecular complexity index is 1470. The van der Waals surface area contributed by atoms with Crippen LogP contribution in [0, 0.1) is 5.82 Å². The van der Waals surface area contributed by atoms with Gasteiger partial charge in [0.05, 0.1) is 24.2 Å². The Morgan fingerprint density at radius 1 is 1.11 bits per heavy atom. The van der Waals surface area contributed by atoms with Crippen LogP contribution in [0.4, 0.5) is 4.39 Å². The molecule has 0 aliphatic heterocycles. The van der Waals surface area contributed by atoms with Gasteiger partial charge in [-0.25, -0.2) is 9.37 Å². The first kappa shape index (κ1) is 25.1. The molecule has 1 aromatic heterocycles. The normalized spacial score (nSPS) is 11.3. The van der Waals surface area contributed by atoms with Gasteiger partial charge in [-0.2, -0.15) is 9.78 Å². The summed E-state index contributed by atoms with van der Waals surface area (Å²) in [6.07, 6.45) is 3.00. The van der Waals surface area contributed by atoms with Crippen molar-refractivity contribution in [2.45, 2.75) is 26.4 Å². The molecule has 0 atom stereocenters. The summed E-state index contributed by atoms with van der Waals surface area (Å²) in [5, 5.41) is 4.96. The third-order valence-corrected chi connectivity index (χ3v) is 6.41. The minimum Gasteiger partial charge on any atom is -0.493 e. The molecule has 0 aliphatic carbocycles. The van der Waals surface area contributed by atoms with E-state index in [1.165, 1.54) is 23.9 Å². The Kier molecular flexibility index (Phi) is 7.97. The Morgan fingerprint density at radius 3 is 2.69 bits per heavy atom. The highest BCUT2D eigenvalue weighted by molar-refractivity contribution is 9.10. The zero-order valence-electron chi connectivity index (χ0n) is 19.1. The Labute approximate surface area is 218 Å². The van der Waals surface area contributed by atoms with Crippen LogP contribution in [0.15, 0.2) is 73.4 Å². The molecule has 0 bridgehead atoms. The van der Waals surface area contributed by atoms with Gasteiger partial charge in [-0.05, 0) is 70.4 Å². The lowest BCUT2D eigenvalue weighted by atomic mass is 10.2. The number of benzene rings is 3. The zero-order chi connectivity index (χ0) is 24.9. The van der Waals surface area contributed by atoms with Crippen molar-refractivity contribution in [2.24, 2.45) is 5.10 Å². The molecule has 0 unspecified atom stereocenters. The van der Waals surface area contributed by atoms with Gasteiger partial charge < -0.3 is 9.47 Å². The van der Waals surface area contributed by atoms with E-state index in [2.05, 4.69) is 41.9 Å². The molecule has 0 saturated heterocycles. The van der Waals surface area contributed by atoms with E-state index in [0.717, 1.165) is 10.9 Å². The van der Waals surface area contributed by atoms with E-state index >= 15 is 0 Å². The second-order valence-corrected chi connectivity index (χ2v) is 9.51. The molecule has 0 aliphatic rings. The van der Waals surface area contributed by atoms with Crippen molar-refractivity contribution in [1.29, 1.82) is 0 Å². The summed E-state index contributed by atoms with van der Waals surface area (Å²) in [4.78, 5) is 17.9. The number of nitrogens with zero attached hydrogens (tertiary/aromatic N) is 3. The predicted octanol–water partition coefficient (Wildman–Crippen LogP) is 6.48. The highest BCUT2D eigenvalue weighted by atomic mass is 79.9. The predicted molar refractivity (Wildman–Crippen MR) is 142 cm³/mol. The number of aromatic nitrogens is 2. The van der Waals surface area contributed by atoms with Crippen molar-refractivity contribution in [2.75, 3.05) is 7.11 Å². The molecule has 4 rings (SSSR count). The van der Waals surface area contributed by atoms with Crippen molar-refractivity contribution in [3.05, 3.63) is 96.7 Å². The topological polar surface area (TPSA) is 65.7 Å². The molecule has 9 heteroatoms. The maximum Gasteiger partial charge on any atom is 0.282 e. The average molecular weight is 603 g/mol. The molecular formula is C26H22Br2FN3O3. The van der Waals surface area contributed by atoms with Crippen LogP contribution in [0.2, 0.25) is 0 Å². The van der Waals surface area contributed by atoms with Gasteiger partial charge in [0, 0.05) is 20.9 Å². The first-order valence-electron chi connectivity index (χ1n) is 10.9. The van der Waals surface area contributed by atoms with E-state index in [1.807, 2.05) is 19.1 Å². The monoisotopic (exact) mass is 601 g/mol. The molecular weight excluding hydrogens is 581 g/mol. The van der Waals surface area contributed by atoms with Crippen LogP contribution in [-0.2, 0) is 13.0 Å². The van der Waals surface area contributed by atoms with Crippen molar-refractivity contribution in [1.82, 2.24) is 9.66 Å². The van der Waals surface area contributed by atoms with Gasteiger partial charge in [0.1, 0.15) is 18.2 Å². The first-order chi connectivity index (χ1) is 16.9. The maximum absolute atomic E-state index is 13.5. The third-order valence-electron chi connectivity index (χ3n) is 5.23. The number of rotatable bonds is 8. The van der Waals surface area contributed by atoms with Crippen LogP contribution in [0.5, 0.6) is 11.5 Å². The van der Waals surface area contributed by atoms with Gasteiger partial charge in [0.25, 0.3) is 5.56 Å². The fraction of sp³-hybridized carbons (Fsp3) is 0.192. The second kappa shape index (κ2) is 11.1. The van der Waals surface area contributed by atoms with E-state index < -0.39 is 0 Å². The van der Waals surface area contributed by atoms with Gasteiger partial charge in [0.2, 0.25) is 0 Å². The number of ether oxygens (including phenoxy) is 2. The number of fused-ring (bicyclic) bond motifs is 1. The van der Waals surface area contributed by atoms with Crippen LogP contribution in [0.1, 0.15) is 30.3 Å². The largest absolute Gasteiger partial charge is 0.493 e. The summed E-state index contributed by atoms with van der Waals surface area (Å²) in [5.74, 6) is 1.23. The minimum absolute atomic E-state index is 0.183. The van der Waals surface area contributed by atoms with Crippen LogP contribution in [0.25, 0.3) is 10.9 Å². The second-order valence-electron chi connectivity index (χ2n) is 7.74. The van der Waals surface area contributed by atoms with E-state index in [9.17, 15) is 9.18 Å². The molecule has 6 nitrogen and oxygen atoms in total. The van der Waals surface area contributed by atoms with E-state index in [4.69, 9.17) is 9.47 Å². The van der Waals surface area contributed by atoms with Crippen LogP contribution >= 0.6 is 31.9 Å². The minimum atomic E-state index is -0.320. The van der Waals surface area contributed by atoms with Crippen molar-refractivity contribution < 1.29 is 13.9 Å². The number of methoxy groups -OCH3 is 1. The van der Waals surface area contributed by atoms with Crippen molar-refractivity contribution in [3.8, 4) is 11.5 Å². The Morgan fingerprint density at radius 2 is 1.94 bits per heavy atom. The molecule has 0 amide bonds. The summed E-state index contributed by atoms with van der Waals surface area (Å²) in [7, 11) is 1.54. The van der Waals surface area contributed by atoms with Gasteiger partial charge in [-0.1, -0.05) is 35.0 Å². The number of aryl methyl sites for hydroxylation is 1. The number of halogens is 3. The van der Waals surface area contributed by atoms with Crippen molar-refractivity contribution >= 4 is 49.0 Å². The van der Waals surface area contributed by atoms with Crippen molar-refractivity contribution in [3.63, 3.8) is 0 Å². The van der Waals surface area contributed by atoms with E-state index in [0.29, 0.717) is 50.2 Å². The van der Waals surface area contributed by atoms with Crippen LogP contribution < -0.4 is 15.0 Å². The molecule has 180 valence electrons. The Hall–Kier alpha value is -3.04. The summed E-state index contributed by atoms with van der Waals surface area (Å²) in [5.41, 5.74) is 1.78. The smallest absolute Gasteiger partial charge is 0.282 e. The number of hydrogen-bond donors (Lipinski definition) is 0. The standard InChI is InChI=1S/C26H22Br2FN3O3/c1-3-5-25-31-22-9-8-18(27)12-20(22)26(33)32(25)30-14-17-11-23(34-2)24(13-21(17)28)35-15-16-6-4-7-19(29)10-16/h4,6-14H,3,5,15H2,1-2H3. The summed E-state index contributed by atoms with van der Waals surface area (Å²) < 4.78 is 27.6. The quantitative estimate of drug-likeness (QED) is 0.216. The van der Waals surface area contributed by atoms with Crippen LogP contribution in [-0.4, -0.2) is 23.0 Å². The van der Waals surface area contributed by atoms with Gasteiger partial charge in [-0.3, -0.25) is 4.79 Å². The lowest BCUT2D eigenvalue weighted by Gasteiger charge is -2.13. The number of hydrogen-bond acceptors (Lipinski definition) is 5. The summed E-state index contributed by atoms with van der Waals surface area (Å²) >= 11 is 6.96. The SMILES string of the molecule is CCCc1nc2ccc(Br)cc2c(=O)n1N=Cc1cc(OC)c(OCc2cccc(F)c2)cc1Br. The summed E-state index contributed by atoms with van der Waals surface area (Å²) in [6, 6.07) is 15.2. The van der Waals surface area contributed by atoms with Gasteiger partial charge in [0.15, 0.2) is 11.5 Å². The van der Waals surface area contributed by atoms with Gasteiger partial charge >= 0.3 is 0 Å². The lowest BCUT2D eigenvalue weighted by molar-refractivity contribution is 0.284. The maximum atomic E-state index is 13.5. The molecule has 1 heterocycles. The molecule has 4 aromatic rings. The highest BCUT2D eigenvalue weighted by Gasteiger charge is 2.13. The third kappa shape index (κ3) is 5.79. The fourth-order valence-electron chi connectivity index (χ4n) is 3.53. The molecule has 0 fully saturated rings. The molecule has 0 saturated carbocycles. The molecule has 0 N–H and O–H groups in total. The summed E-state index contributed by atoms with van der Waals surface area (Å²) in [6.45, 7) is 2.21.